The van der Waals surface area contributed by atoms with Gasteiger partial charge in [-0.3, -0.25) is 9.59 Å². The summed E-state index contributed by atoms with van der Waals surface area (Å²) in [6.07, 6.45) is 0. The molecule has 3 aromatic carbocycles. The van der Waals surface area contributed by atoms with Crippen LogP contribution in [0.4, 0.5) is 10.1 Å². The number of carbonyl (C=O) groups excluding carboxylic acids is 2. The minimum Gasteiger partial charge on any atom is -0.492 e. The average Bonchev–Trinajstić information content (AvgIpc) is 2.76. The van der Waals surface area contributed by atoms with E-state index in [0.29, 0.717) is 24.4 Å². The van der Waals surface area contributed by atoms with Crippen LogP contribution in [0, 0.1) is 19.7 Å². The maximum absolute atomic E-state index is 13.9. The van der Waals surface area contributed by atoms with Gasteiger partial charge in [0.1, 0.15) is 18.2 Å². The Balaban J connectivity index is 1.64. The van der Waals surface area contributed by atoms with Gasteiger partial charge in [0.25, 0.3) is 11.8 Å². The zero-order valence-electron chi connectivity index (χ0n) is 17.8. The van der Waals surface area contributed by atoms with Gasteiger partial charge in [-0.2, -0.15) is 0 Å². The van der Waals surface area contributed by atoms with Crippen LogP contribution >= 0.6 is 0 Å². The first-order chi connectivity index (χ1) is 14.8. The molecule has 1 N–H and O–H groups in total. The zero-order chi connectivity index (χ0) is 22.4. The third-order valence-electron chi connectivity index (χ3n) is 4.91. The van der Waals surface area contributed by atoms with E-state index < -0.39 is 11.7 Å². The Kier molecular flexibility index (Phi) is 7.03. The van der Waals surface area contributed by atoms with Gasteiger partial charge < -0.3 is 15.0 Å². The van der Waals surface area contributed by atoms with Crippen LogP contribution in [0.2, 0.25) is 0 Å². The number of amides is 2. The quantitative estimate of drug-likeness (QED) is 0.595. The molecular weight excluding hydrogens is 395 g/mol. The predicted octanol–water partition coefficient (Wildman–Crippen LogP) is 4.85. The van der Waals surface area contributed by atoms with E-state index in [4.69, 9.17) is 4.74 Å². The molecule has 0 atom stereocenters. The number of anilines is 1. The van der Waals surface area contributed by atoms with Crippen molar-refractivity contribution in [3.05, 3.63) is 94.8 Å². The summed E-state index contributed by atoms with van der Waals surface area (Å²) < 4.78 is 19.6. The van der Waals surface area contributed by atoms with Gasteiger partial charge in [-0.25, -0.2) is 4.39 Å². The number of ether oxygens (including phenoxy) is 1. The fourth-order valence-corrected chi connectivity index (χ4v) is 2.98. The fraction of sp³-hybridized carbons (Fsp3) is 0.200. The van der Waals surface area contributed by atoms with Gasteiger partial charge >= 0.3 is 0 Å². The highest BCUT2D eigenvalue weighted by atomic mass is 19.1. The molecule has 0 aliphatic rings. The maximum atomic E-state index is 13.9. The van der Waals surface area contributed by atoms with E-state index in [1.807, 2.05) is 38.1 Å². The number of likely N-dealkylation sites (N-methyl/N-ethyl adjacent to an activating group) is 1. The van der Waals surface area contributed by atoms with Crippen molar-refractivity contribution in [3.63, 3.8) is 0 Å². The van der Waals surface area contributed by atoms with Gasteiger partial charge in [0, 0.05) is 18.3 Å². The fourth-order valence-electron chi connectivity index (χ4n) is 2.98. The van der Waals surface area contributed by atoms with E-state index in [2.05, 4.69) is 5.32 Å². The molecule has 5 nitrogen and oxygen atoms in total. The lowest BCUT2D eigenvalue weighted by atomic mass is 10.1. The molecule has 0 heterocycles. The normalized spacial score (nSPS) is 10.5. The van der Waals surface area contributed by atoms with Crippen LogP contribution in [0.3, 0.4) is 0 Å². The highest BCUT2D eigenvalue weighted by molar-refractivity contribution is 6.05. The van der Waals surface area contributed by atoms with Gasteiger partial charge in [0.15, 0.2) is 0 Å². The van der Waals surface area contributed by atoms with Crippen molar-refractivity contribution in [2.45, 2.75) is 13.8 Å². The van der Waals surface area contributed by atoms with Crippen LogP contribution in [0.15, 0.2) is 66.7 Å². The number of aryl methyl sites for hydroxylation is 2. The number of hydrogen-bond acceptors (Lipinski definition) is 3. The number of nitrogens with one attached hydrogen (secondary N) is 1. The average molecular weight is 420 g/mol. The van der Waals surface area contributed by atoms with Crippen molar-refractivity contribution in [1.82, 2.24) is 4.90 Å². The van der Waals surface area contributed by atoms with Crippen molar-refractivity contribution >= 4 is 17.5 Å². The van der Waals surface area contributed by atoms with Crippen LogP contribution < -0.4 is 10.1 Å². The summed E-state index contributed by atoms with van der Waals surface area (Å²) >= 11 is 0. The monoisotopic (exact) mass is 420 g/mol. The molecule has 0 radical (unpaired) electrons. The summed E-state index contributed by atoms with van der Waals surface area (Å²) in [5, 5.41) is 2.70. The second kappa shape index (κ2) is 9.89. The highest BCUT2D eigenvalue weighted by Gasteiger charge is 2.16. The lowest BCUT2D eigenvalue weighted by Crippen LogP contribution is -2.31. The van der Waals surface area contributed by atoms with Crippen LogP contribution in [0.25, 0.3) is 0 Å². The van der Waals surface area contributed by atoms with Crippen molar-refractivity contribution in [1.29, 1.82) is 0 Å². The summed E-state index contributed by atoms with van der Waals surface area (Å²) in [5.41, 5.74) is 2.75. The van der Waals surface area contributed by atoms with Gasteiger partial charge in [0.05, 0.1) is 12.1 Å². The van der Waals surface area contributed by atoms with E-state index >= 15 is 0 Å². The molecule has 0 aliphatic carbocycles. The SMILES string of the molecule is Cc1ccc(OCCN(C)C(=O)c2ccc(C)c(NC(=O)c3ccccc3F)c2)cc1. The lowest BCUT2D eigenvalue weighted by Gasteiger charge is -2.19. The lowest BCUT2D eigenvalue weighted by molar-refractivity contribution is 0.0773. The number of nitrogens with zero attached hydrogens (tertiary/aromatic N) is 1. The topological polar surface area (TPSA) is 58.6 Å². The molecule has 0 unspecified atom stereocenters. The third kappa shape index (κ3) is 5.69. The first-order valence-corrected chi connectivity index (χ1v) is 9.96. The highest BCUT2D eigenvalue weighted by Crippen LogP contribution is 2.20. The number of carbonyl (C=O) groups is 2. The second-order valence-electron chi connectivity index (χ2n) is 7.35. The largest absolute Gasteiger partial charge is 0.492 e. The van der Waals surface area contributed by atoms with Crippen molar-refractivity contribution in [2.24, 2.45) is 0 Å². The summed E-state index contributed by atoms with van der Waals surface area (Å²) in [5.74, 6) is -0.613. The van der Waals surface area contributed by atoms with Gasteiger partial charge in [-0.15, -0.1) is 0 Å². The molecule has 0 fully saturated rings. The Bertz CT molecular complexity index is 1080. The molecule has 0 spiro atoms. The number of benzene rings is 3. The Morgan fingerprint density at radius 2 is 1.71 bits per heavy atom. The summed E-state index contributed by atoms with van der Waals surface area (Å²) in [6.45, 7) is 4.57. The molecule has 0 aromatic heterocycles. The Labute approximate surface area is 181 Å². The molecule has 160 valence electrons. The molecule has 0 saturated carbocycles. The first kappa shape index (κ1) is 22.0. The van der Waals surface area contributed by atoms with Gasteiger partial charge in [-0.1, -0.05) is 35.9 Å². The minimum atomic E-state index is -0.599. The van der Waals surface area contributed by atoms with E-state index in [9.17, 15) is 14.0 Å². The molecule has 3 rings (SSSR count). The van der Waals surface area contributed by atoms with Gasteiger partial charge in [-0.05, 0) is 55.8 Å². The molecule has 3 aromatic rings. The van der Waals surface area contributed by atoms with Gasteiger partial charge in [0.2, 0.25) is 0 Å². The minimum absolute atomic E-state index is 0.0518. The summed E-state index contributed by atoms with van der Waals surface area (Å²) in [4.78, 5) is 26.8. The zero-order valence-corrected chi connectivity index (χ0v) is 17.8. The summed E-state index contributed by atoms with van der Waals surface area (Å²) in [6, 6.07) is 18.5. The number of hydrogen-bond donors (Lipinski definition) is 1. The van der Waals surface area contributed by atoms with E-state index in [1.165, 1.54) is 18.2 Å². The van der Waals surface area contributed by atoms with Crippen molar-refractivity contribution in [2.75, 3.05) is 25.5 Å². The smallest absolute Gasteiger partial charge is 0.258 e. The Morgan fingerprint density at radius 1 is 1.00 bits per heavy atom. The molecule has 2 amide bonds. The first-order valence-electron chi connectivity index (χ1n) is 9.96. The molecule has 31 heavy (non-hydrogen) atoms. The second-order valence-corrected chi connectivity index (χ2v) is 7.35. The predicted molar refractivity (Wildman–Crippen MR) is 119 cm³/mol. The van der Waals surface area contributed by atoms with Crippen LogP contribution in [-0.2, 0) is 0 Å². The molecule has 0 saturated heterocycles. The van der Waals surface area contributed by atoms with Crippen LogP contribution in [-0.4, -0.2) is 36.9 Å². The van der Waals surface area contributed by atoms with Crippen molar-refractivity contribution in [3.8, 4) is 5.75 Å². The van der Waals surface area contributed by atoms with Crippen LogP contribution in [0.1, 0.15) is 31.8 Å². The Morgan fingerprint density at radius 3 is 2.42 bits per heavy atom. The third-order valence-corrected chi connectivity index (χ3v) is 4.91. The molecule has 6 heteroatoms. The van der Waals surface area contributed by atoms with Crippen molar-refractivity contribution < 1.29 is 18.7 Å². The molecule has 0 bridgehead atoms. The van der Waals surface area contributed by atoms with E-state index in [0.717, 1.165) is 16.9 Å². The summed E-state index contributed by atoms with van der Waals surface area (Å²) in [7, 11) is 1.69. The van der Waals surface area contributed by atoms with E-state index in [1.54, 1.807) is 36.2 Å². The number of rotatable bonds is 7. The number of halogens is 1. The van der Waals surface area contributed by atoms with Crippen LogP contribution in [0.5, 0.6) is 5.75 Å². The van der Waals surface area contributed by atoms with E-state index in [-0.39, 0.29) is 11.5 Å². The Hall–Kier alpha value is -3.67. The maximum Gasteiger partial charge on any atom is 0.258 e. The molecular formula is C25H25FN2O3. The standard InChI is InChI=1S/C25H25FN2O3/c1-17-8-12-20(13-9-17)31-15-14-28(3)25(30)19-11-10-18(2)23(16-19)27-24(29)21-6-4-5-7-22(21)26/h4-13,16H,14-15H2,1-3H3,(H,27,29). The molecule has 0 aliphatic heterocycles.